The van der Waals surface area contributed by atoms with Gasteiger partial charge in [0.05, 0.1) is 0 Å². The molecule has 1 heteroatoms. The van der Waals surface area contributed by atoms with Crippen molar-refractivity contribution in [2.24, 2.45) is 23.7 Å². The van der Waals surface area contributed by atoms with E-state index in [1.54, 1.807) is 10.5 Å². The number of thioether (sulfide) groups is 1. The lowest BCUT2D eigenvalue weighted by atomic mass is 9.86. The van der Waals surface area contributed by atoms with E-state index in [0.29, 0.717) is 0 Å². The molecule has 3 aliphatic rings. The summed E-state index contributed by atoms with van der Waals surface area (Å²) < 4.78 is 0. The van der Waals surface area contributed by atoms with E-state index in [1.807, 2.05) is 0 Å². The van der Waals surface area contributed by atoms with Gasteiger partial charge in [0.15, 0.2) is 0 Å². The summed E-state index contributed by atoms with van der Waals surface area (Å²) >= 11 is 2.21. The van der Waals surface area contributed by atoms with Crippen LogP contribution in [-0.2, 0) is 0 Å². The van der Waals surface area contributed by atoms with Crippen LogP contribution in [0.2, 0.25) is 0 Å². The first-order valence-electron chi connectivity index (χ1n) is 9.17. The van der Waals surface area contributed by atoms with Crippen molar-refractivity contribution in [1.29, 1.82) is 0 Å². The molecule has 2 fully saturated rings. The molecular formula is C21H28S. The third-order valence-corrected chi connectivity index (χ3v) is 7.93. The maximum atomic E-state index is 2.52. The SMILES string of the molecule is CC1=C(c2ccccc2)C2CC(C)C(CC3CCCC3)C2S1. The lowest BCUT2D eigenvalue weighted by molar-refractivity contribution is 0.325. The van der Waals surface area contributed by atoms with Crippen molar-refractivity contribution in [2.45, 2.75) is 57.6 Å². The molecule has 0 nitrogen and oxygen atoms in total. The maximum absolute atomic E-state index is 2.52. The monoisotopic (exact) mass is 312 g/mol. The van der Waals surface area contributed by atoms with E-state index in [1.165, 1.54) is 44.1 Å². The second-order valence-electron chi connectivity index (χ2n) is 7.79. The maximum Gasteiger partial charge on any atom is 0.0191 e. The van der Waals surface area contributed by atoms with Crippen LogP contribution in [0.4, 0.5) is 0 Å². The molecule has 22 heavy (non-hydrogen) atoms. The molecule has 0 aromatic heterocycles. The number of hydrogen-bond acceptors (Lipinski definition) is 1. The largest absolute Gasteiger partial charge is 0.126 e. The van der Waals surface area contributed by atoms with Crippen LogP contribution >= 0.6 is 11.8 Å². The highest BCUT2D eigenvalue weighted by Crippen LogP contribution is 2.59. The van der Waals surface area contributed by atoms with Crippen molar-refractivity contribution in [3.05, 3.63) is 40.8 Å². The highest BCUT2D eigenvalue weighted by Gasteiger charge is 2.47. The highest BCUT2D eigenvalue weighted by molar-refractivity contribution is 8.04. The summed E-state index contributed by atoms with van der Waals surface area (Å²) in [5.74, 6) is 3.71. The summed E-state index contributed by atoms with van der Waals surface area (Å²) in [5.41, 5.74) is 3.16. The average molecular weight is 313 g/mol. The van der Waals surface area contributed by atoms with Crippen LogP contribution < -0.4 is 0 Å². The Balaban J connectivity index is 1.55. The third-order valence-electron chi connectivity index (χ3n) is 6.40. The Morgan fingerprint density at radius 1 is 1.09 bits per heavy atom. The summed E-state index contributed by atoms with van der Waals surface area (Å²) in [6.45, 7) is 4.89. The number of hydrogen-bond donors (Lipinski definition) is 0. The van der Waals surface area contributed by atoms with Gasteiger partial charge in [0.1, 0.15) is 0 Å². The predicted molar refractivity (Wildman–Crippen MR) is 97.8 cm³/mol. The van der Waals surface area contributed by atoms with Gasteiger partial charge < -0.3 is 0 Å². The number of rotatable bonds is 3. The first kappa shape index (κ1) is 14.9. The summed E-state index contributed by atoms with van der Waals surface area (Å²) in [7, 11) is 0. The Morgan fingerprint density at radius 3 is 2.55 bits per heavy atom. The summed E-state index contributed by atoms with van der Waals surface area (Å²) in [4.78, 5) is 1.60. The van der Waals surface area contributed by atoms with E-state index in [2.05, 4.69) is 55.9 Å². The van der Waals surface area contributed by atoms with E-state index in [9.17, 15) is 0 Å². The van der Waals surface area contributed by atoms with E-state index >= 15 is 0 Å². The van der Waals surface area contributed by atoms with Gasteiger partial charge in [0.2, 0.25) is 0 Å². The van der Waals surface area contributed by atoms with E-state index in [0.717, 1.165) is 28.9 Å². The summed E-state index contributed by atoms with van der Waals surface area (Å²) in [6, 6.07) is 11.2. The van der Waals surface area contributed by atoms with Crippen LogP contribution in [0, 0.1) is 23.7 Å². The minimum Gasteiger partial charge on any atom is -0.126 e. The molecule has 1 heterocycles. The van der Waals surface area contributed by atoms with Crippen LogP contribution in [0.1, 0.15) is 57.9 Å². The van der Waals surface area contributed by atoms with Crippen molar-refractivity contribution in [1.82, 2.24) is 0 Å². The molecule has 0 N–H and O–H groups in total. The zero-order valence-corrected chi connectivity index (χ0v) is 14.7. The zero-order chi connectivity index (χ0) is 15.1. The van der Waals surface area contributed by atoms with Gasteiger partial charge in [-0.15, -0.1) is 11.8 Å². The number of benzene rings is 1. The van der Waals surface area contributed by atoms with Crippen LogP contribution in [0.5, 0.6) is 0 Å². The van der Waals surface area contributed by atoms with Crippen LogP contribution in [-0.4, -0.2) is 5.25 Å². The molecule has 4 atom stereocenters. The highest BCUT2D eigenvalue weighted by atomic mass is 32.2. The Hall–Kier alpha value is -0.690. The van der Waals surface area contributed by atoms with Crippen molar-refractivity contribution >= 4 is 17.3 Å². The molecule has 0 bridgehead atoms. The summed E-state index contributed by atoms with van der Waals surface area (Å²) in [5, 5.41) is 0.866. The molecular weight excluding hydrogens is 284 g/mol. The Morgan fingerprint density at radius 2 is 1.82 bits per heavy atom. The van der Waals surface area contributed by atoms with Gasteiger partial charge in [0, 0.05) is 5.25 Å². The van der Waals surface area contributed by atoms with Gasteiger partial charge in [-0.1, -0.05) is 62.9 Å². The molecule has 1 aromatic carbocycles. The molecule has 1 aliphatic heterocycles. The minimum absolute atomic E-state index is 0.814. The van der Waals surface area contributed by atoms with Gasteiger partial charge >= 0.3 is 0 Å². The summed E-state index contributed by atoms with van der Waals surface area (Å²) in [6.07, 6.45) is 8.90. The van der Waals surface area contributed by atoms with Gasteiger partial charge in [-0.2, -0.15) is 0 Å². The lowest BCUT2D eigenvalue weighted by Crippen LogP contribution is -2.20. The van der Waals surface area contributed by atoms with Crippen molar-refractivity contribution < 1.29 is 0 Å². The fraction of sp³-hybridized carbons (Fsp3) is 0.619. The van der Waals surface area contributed by atoms with Gasteiger partial charge in [0.25, 0.3) is 0 Å². The van der Waals surface area contributed by atoms with Gasteiger partial charge in [-0.3, -0.25) is 0 Å². The first-order valence-corrected chi connectivity index (χ1v) is 10.0. The quantitative estimate of drug-likeness (QED) is 0.623. The molecule has 2 aliphatic carbocycles. The first-order chi connectivity index (χ1) is 10.7. The van der Waals surface area contributed by atoms with Gasteiger partial charge in [-0.25, -0.2) is 0 Å². The number of fused-ring (bicyclic) bond motifs is 1. The smallest absolute Gasteiger partial charge is 0.0191 e. The fourth-order valence-electron chi connectivity index (χ4n) is 5.34. The fourth-order valence-corrected chi connectivity index (χ4v) is 7.11. The van der Waals surface area contributed by atoms with E-state index in [-0.39, 0.29) is 0 Å². The molecule has 4 unspecified atom stereocenters. The van der Waals surface area contributed by atoms with Crippen LogP contribution in [0.15, 0.2) is 35.2 Å². The Kier molecular flexibility index (Phi) is 4.11. The molecule has 0 radical (unpaired) electrons. The molecule has 0 amide bonds. The molecule has 118 valence electrons. The lowest BCUT2D eigenvalue weighted by Gasteiger charge is -2.25. The van der Waals surface area contributed by atoms with E-state index in [4.69, 9.17) is 0 Å². The second-order valence-corrected chi connectivity index (χ2v) is 9.18. The molecule has 0 spiro atoms. The van der Waals surface area contributed by atoms with Crippen LogP contribution in [0.3, 0.4) is 0 Å². The topological polar surface area (TPSA) is 0 Å². The van der Waals surface area contributed by atoms with Gasteiger partial charge in [-0.05, 0) is 59.5 Å². The van der Waals surface area contributed by atoms with Crippen molar-refractivity contribution in [2.75, 3.05) is 0 Å². The Bertz CT molecular complexity index is 553. The normalized spacial score (nSPS) is 35.4. The standard InChI is InChI=1S/C21H28S/c1-14-12-19-20(17-10-4-3-5-11-17)15(2)22-21(19)18(14)13-16-8-6-7-9-16/h3-5,10-11,14,16,18-19,21H,6-9,12-13H2,1-2H3. The number of allylic oxidation sites excluding steroid dienone is 2. The molecule has 1 aromatic rings. The second kappa shape index (κ2) is 6.07. The molecule has 2 saturated carbocycles. The third kappa shape index (κ3) is 2.56. The van der Waals surface area contributed by atoms with E-state index < -0.39 is 0 Å². The molecule has 4 rings (SSSR count). The predicted octanol–water partition coefficient (Wildman–Crippen LogP) is 6.39. The van der Waals surface area contributed by atoms with Crippen molar-refractivity contribution in [3.8, 4) is 0 Å². The van der Waals surface area contributed by atoms with Crippen molar-refractivity contribution in [3.63, 3.8) is 0 Å². The van der Waals surface area contributed by atoms with Crippen LogP contribution in [0.25, 0.3) is 5.57 Å². The zero-order valence-electron chi connectivity index (χ0n) is 13.9. The molecule has 0 saturated heterocycles. The minimum atomic E-state index is 0.814. The Labute approximate surface area is 139 Å². The average Bonchev–Trinajstić information content (AvgIpc) is 3.20.